The van der Waals surface area contributed by atoms with Gasteiger partial charge in [-0.25, -0.2) is 17.1 Å². The third-order valence-corrected chi connectivity index (χ3v) is 6.35. The largest absolute Gasteiger partial charge is 0.348 e. The number of sulfonamides is 1. The average Bonchev–Trinajstić information content (AvgIpc) is 3.02. The zero-order chi connectivity index (χ0) is 20.3. The Morgan fingerprint density at radius 2 is 1.93 bits per heavy atom. The number of hydrogen-bond acceptors (Lipinski definition) is 4. The van der Waals surface area contributed by atoms with Crippen molar-refractivity contribution in [1.82, 2.24) is 9.62 Å². The molecule has 2 aromatic rings. The van der Waals surface area contributed by atoms with E-state index in [1.54, 1.807) is 18.2 Å². The molecule has 0 aliphatic carbocycles. The highest BCUT2D eigenvalue weighted by Crippen LogP contribution is 2.20. The summed E-state index contributed by atoms with van der Waals surface area (Å²) in [5, 5.41) is 5.42. The minimum atomic E-state index is -3.74. The number of nitrogens with zero attached hydrogens (tertiary/aromatic N) is 1. The average molecular weight is 405 g/mol. The van der Waals surface area contributed by atoms with Crippen molar-refractivity contribution in [3.05, 3.63) is 59.4 Å². The van der Waals surface area contributed by atoms with Crippen LogP contribution in [0.15, 0.2) is 47.4 Å². The maximum atomic E-state index is 13.0. The first kappa shape index (κ1) is 20.0. The lowest BCUT2D eigenvalue weighted by Gasteiger charge is -2.17. The topological polar surface area (TPSA) is 95.6 Å². The summed E-state index contributed by atoms with van der Waals surface area (Å²) >= 11 is 0. The van der Waals surface area contributed by atoms with E-state index in [1.807, 2.05) is 0 Å². The standard InChI is InChI=1S/C19H20FN3O4S/c1-23(28(26,27)16-8-5-14(20)6-9-16)10-2-3-18(24)22-15-7-4-13-12-21-19(25)17(13)11-15/h4-9,11H,2-3,10,12H2,1H3,(H,21,25)(H,22,24). The third kappa shape index (κ3) is 4.37. The second kappa shape index (κ2) is 8.07. The van der Waals surface area contributed by atoms with Gasteiger partial charge in [0, 0.05) is 37.8 Å². The SMILES string of the molecule is CN(CCCC(=O)Nc1ccc2c(c1)C(=O)NC2)S(=O)(=O)c1ccc(F)cc1. The number of carbonyl (C=O) groups is 2. The van der Waals surface area contributed by atoms with Crippen molar-refractivity contribution < 1.29 is 22.4 Å². The van der Waals surface area contributed by atoms with E-state index in [1.165, 1.54) is 19.2 Å². The summed E-state index contributed by atoms with van der Waals surface area (Å²) in [6, 6.07) is 9.72. The summed E-state index contributed by atoms with van der Waals surface area (Å²) in [5.74, 6) is -0.952. The van der Waals surface area contributed by atoms with Gasteiger partial charge in [0.2, 0.25) is 15.9 Å². The molecule has 2 aromatic carbocycles. The Morgan fingerprint density at radius 1 is 1.21 bits per heavy atom. The van der Waals surface area contributed by atoms with Crippen molar-refractivity contribution in [3.8, 4) is 0 Å². The predicted molar refractivity (Wildman–Crippen MR) is 102 cm³/mol. The lowest BCUT2D eigenvalue weighted by atomic mass is 10.1. The number of nitrogens with one attached hydrogen (secondary N) is 2. The Hall–Kier alpha value is -2.78. The Kier molecular flexibility index (Phi) is 5.76. The van der Waals surface area contributed by atoms with Crippen molar-refractivity contribution in [1.29, 1.82) is 0 Å². The molecule has 9 heteroatoms. The molecule has 2 N–H and O–H groups in total. The smallest absolute Gasteiger partial charge is 0.251 e. The van der Waals surface area contributed by atoms with Crippen LogP contribution >= 0.6 is 0 Å². The first-order valence-electron chi connectivity index (χ1n) is 8.70. The molecule has 0 fully saturated rings. The summed E-state index contributed by atoms with van der Waals surface area (Å²) in [5.41, 5.74) is 1.95. The van der Waals surface area contributed by atoms with Gasteiger partial charge in [0.25, 0.3) is 5.91 Å². The monoisotopic (exact) mass is 405 g/mol. The normalized spacial score (nSPS) is 13.3. The molecule has 1 heterocycles. The predicted octanol–water partition coefficient (Wildman–Crippen LogP) is 2.11. The lowest BCUT2D eigenvalue weighted by Crippen LogP contribution is -2.28. The van der Waals surface area contributed by atoms with E-state index in [0.717, 1.165) is 22.0 Å². The zero-order valence-corrected chi connectivity index (χ0v) is 16.1. The van der Waals surface area contributed by atoms with Crippen LogP contribution in [-0.4, -0.2) is 38.1 Å². The van der Waals surface area contributed by atoms with Crippen molar-refractivity contribution in [2.24, 2.45) is 0 Å². The van der Waals surface area contributed by atoms with Crippen LogP contribution in [0.4, 0.5) is 10.1 Å². The number of halogens is 1. The van der Waals surface area contributed by atoms with Gasteiger partial charge in [-0.05, 0) is 48.4 Å². The van der Waals surface area contributed by atoms with E-state index in [0.29, 0.717) is 24.2 Å². The van der Waals surface area contributed by atoms with Crippen LogP contribution in [0.5, 0.6) is 0 Å². The van der Waals surface area contributed by atoms with Gasteiger partial charge in [0.1, 0.15) is 5.82 Å². The number of fused-ring (bicyclic) bond motifs is 1. The number of amides is 2. The lowest BCUT2D eigenvalue weighted by molar-refractivity contribution is -0.116. The van der Waals surface area contributed by atoms with Crippen molar-refractivity contribution in [2.45, 2.75) is 24.3 Å². The molecule has 1 aliphatic heterocycles. The van der Waals surface area contributed by atoms with Gasteiger partial charge in [-0.2, -0.15) is 0 Å². The molecule has 0 spiro atoms. The van der Waals surface area contributed by atoms with Crippen molar-refractivity contribution in [3.63, 3.8) is 0 Å². The summed E-state index contributed by atoms with van der Waals surface area (Å²) in [7, 11) is -2.32. The second-order valence-corrected chi connectivity index (χ2v) is 8.53. The quantitative estimate of drug-likeness (QED) is 0.738. The molecule has 0 aromatic heterocycles. The van der Waals surface area contributed by atoms with E-state index in [4.69, 9.17) is 0 Å². The fourth-order valence-electron chi connectivity index (χ4n) is 2.88. The molecule has 3 rings (SSSR count). The second-order valence-electron chi connectivity index (χ2n) is 6.49. The molecular weight excluding hydrogens is 385 g/mol. The molecule has 148 valence electrons. The molecular formula is C19H20FN3O4S. The van der Waals surface area contributed by atoms with Crippen LogP contribution < -0.4 is 10.6 Å². The van der Waals surface area contributed by atoms with Crippen LogP contribution in [0.1, 0.15) is 28.8 Å². The first-order valence-corrected chi connectivity index (χ1v) is 10.1. The number of carbonyl (C=O) groups excluding carboxylic acids is 2. The molecule has 28 heavy (non-hydrogen) atoms. The van der Waals surface area contributed by atoms with E-state index in [-0.39, 0.29) is 29.7 Å². The number of rotatable bonds is 7. The molecule has 0 saturated carbocycles. The molecule has 0 atom stereocenters. The summed E-state index contributed by atoms with van der Waals surface area (Å²) in [4.78, 5) is 23.8. The van der Waals surface area contributed by atoms with E-state index in [9.17, 15) is 22.4 Å². The Labute approximate surface area is 162 Å². The van der Waals surface area contributed by atoms with Crippen LogP contribution in [0.2, 0.25) is 0 Å². The van der Waals surface area contributed by atoms with E-state index < -0.39 is 15.8 Å². The van der Waals surface area contributed by atoms with Gasteiger partial charge < -0.3 is 10.6 Å². The van der Waals surface area contributed by atoms with Gasteiger partial charge in [-0.3, -0.25) is 9.59 Å². The maximum absolute atomic E-state index is 13.0. The van der Waals surface area contributed by atoms with Crippen molar-refractivity contribution in [2.75, 3.05) is 18.9 Å². The van der Waals surface area contributed by atoms with E-state index >= 15 is 0 Å². The highest BCUT2D eigenvalue weighted by atomic mass is 32.2. The van der Waals surface area contributed by atoms with Gasteiger partial charge >= 0.3 is 0 Å². The minimum absolute atomic E-state index is 0.00253. The van der Waals surface area contributed by atoms with Crippen LogP contribution in [0.3, 0.4) is 0 Å². The van der Waals surface area contributed by atoms with Crippen LogP contribution in [0.25, 0.3) is 0 Å². The fraction of sp³-hybridized carbons (Fsp3) is 0.263. The fourth-order valence-corrected chi connectivity index (χ4v) is 4.09. The van der Waals surface area contributed by atoms with E-state index in [2.05, 4.69) is 10.6 Å². The molecule has 0 saturated heterocycles. The maximum Gasteiger partial charge on any atom is 0.251 e. The molecule has 7 nitrogen and oxygen atoms in total. The highest BCUT2D eigenvalue weighted by Gasteiger charge is 2.21. The third-order valence-electron chi connectivity index (χ3n) is 4.48. The van der Waals surface area contributed by atoms with Crippen LogP contribution in [-0.2, 0) is 21.4 Å². The molecule has 1 aliphatic rings. The van der Waals surface area contributed by atoms with Crippen LogP contribution in [0, 0.1) is 5.82 Å². The molecule has 0 bridgehead atoms. The molecule has 0 unspecified atom stereocenters. The Bertz CT molecular complexity index is 1010. The number of benzene rings is 2. The summed E-state index contributed by atoms with van der Waals surface area (Å²) in [6.45, 7) is 0.622. The van der Waals surface area contributed by atoms with Gasteiger partial charge in [-0.1, -0.05) is 6.07 Å². The summed E-state index contributed by atoms with van der Waals surface area (Å²) in [6.07, 6.45) is 0.431. The van der Waals surface area contributed by atoms with Gasteiger partial charge in [-0.15, -0.1) is 0 Å². The number of hydrogen-bond donors (Lipinski definition) is 2. The highest BCUT2D eigenvalue weighted by molar-refractivity contribution is 7.89. The molecule has 2 amide bonds. The summed E-state index contributed by atoms with van der Waals surface area (Å²) < 4.78 is 38.9. The Balaban J connectivity index is 1.52. The zero-order valence-electron chi connectivity index (χ0n) is 15.2. The van der Waals surface area contributed by atoms with Gasteiger partial charge in [0.05, 0.1) is 4.90 Å². The molecule has 0 radical (unpaired) electrons. The van der Waals surface area contributed by atoms with Gasteiger partial charge in [0.15, 0.2) is 0 Å². The number of anilines is 1. The first-order chi connectivity index (χ1) is 13.3. The van der Waals surface area contributed by atoms with Crippen molar-refractivity contribution >= 4 is 27.5 Å². The Morgan fingerprint density at radius 3 is 2.64 bits per heavy atom. The minimum Gasteiger partial charge on any atom is -0.348 e.